The Balaban J connectivity index is 2.01. The molecular weight excluding hydrogens is 292 g/mol. The monoisotopic (exact) mass is 302 g/mol. The lowest BCUT2D eigenvalue weighted by atomic mass is 10.4. The van der Waals surface area contributed by atoms with Gasteiger partial charge in [-0.15, -0.1) is 11.3 Å². The third kappa shape index (κ3) is 3.30. The van der Waals surface area contributed by atoms with E-state index in [4.69, 9.17) is 5.14 Å². The molecule has 1 amide bonds. The zero-order valence-electron chi connectivity index (χ0n) is 9.47. The Hall–Kier alpha value is -1.91. The van der Waals surface area contributed by atoms with Gasteiger partial charge in [-0.05, 0) is 12.1 Å². The molecule has 0 unspecified atom stereocenters. The zero-order valence-corrected chi connectivity index (χ0v) is 11.1. The van der Waals surface area contributed by atoms with Gasteiger partial charge in [-0.1, -0.05) is 0 Å². The molecule has 2 aromatic rings. The molecule has 0 spiro atoms. The number of carbonyl (C=O) groups is 1. The van der Waals surface area contributed by atoms with Crippen molar-refractivity contribution in [1.29, 1.82) is 0 Å². The van der Waals surface area contributed by atoms with E-state index in [1.54, 1.807) is 6.07 Å². The molecule has 0 aliphatic rings. The molecule has 0 aliphatic heterocycles. The van der Waals surface area contributed by atoms with Crippen molar-refractivity contribution < 1.29 is 13.2 Å². The van der Waals surface area contributed by atoms with Gasteiger partial charge in [0.05, 0.1) is 6.54 Å². The van der Waals surface area contributed by atoms with Crippen LogP contribution in [0.2, 0.25) is 0 Å². The maximum absolute atomic E-state index is 11.6. The van der Waals surface area contributed by atoms with Crippen molar-refractivity contribution in [3.8, 4) is 0 Å². The number of aromatic amines is 2. The largest absolute Gasteiger partial charge is 0.346 e. The molecule has 0 saturated heterocycles. The smallest absolute Gasteiger partial charge is 0.323 e. The van der Waals surface area contributed by atoms with Crippen molar-refractivity contribution in [3.05, 3.63) is 39.4 Å². The van der Waals surface area contributed by atoms with Crippen molar-refractivity contribution in [2.45, 2.75) is 10.8 Å². The van der Waals surface area contributed by atoms with E-state index in [0.717, 1.165) is 11.3 Å². The highest BCUT2D eigenvalue weighted by atomic mass is 32.2. The van der Waals surface area contributed by atoms with Gasteiger partial charge in [0.25, 0.3) is 5.91 Å². The van der Waals surface area contributed by atoms with Crippen molar-refractivity contribution in [3.63, 3.8) is 0 Å². The molecule has 0 radical (unpaired) electrons. The van der Waals surface area contributed by atoms with Crippen LogP contribution < -0.4 is 16.1 Å². The van der Waals surface area contributed by atoms with Crippen molar-refractivity contribution >= 4 is 27.3 Å². The second-order valence-corrected chi connectivity index (χ2v) is 6.56. The van der Waals surface area contributed by atoms with Crippen molar-refractivity contribution in [2.24, 2.45) is 5.14 Å². The van der Waals surface area contributed by atoms with Crippen molar-refractivity contribution in [2.75, 3.05) is 0 Å². The van der Waals surface area contributed by atoms with E-state index < -0.39 is 21.6 Å². The summed E-state index contributed by atoms with van der Waals surface area (Å²) >= 11 is 0.975. The van der Waals surface area contributed by atoms with Gasteiger partial charge in [0, 0.05) is 11.1 Å². The van der Waals surface area contributed by atoms with Crippen LogP contribution in [0.15, 0.2) is 27.3 Å². The number of carbonyl (C=O) groups excluding carboxylic acids is 1. The van der Waals surface area contributed by atoms with Gasteiger partial charge in [0.15, 0.2) is 0 Å². The summed E-state index contributed by atoms with van der Waals surface area (Å²) in [7, 11) is -3.72. The number of H-pyrrole nitrogens is 2. The van der Waals surface area contributed by atoms with E-state index in [2.05, 4.69) is 15.3 Å². The third-order valence-corrected chi connectivity index (χ3v) is 4.70. The second kappa shape index (κ2) is 4.99. The highest BCUT2D eigenvalue weighted by Crippen LogP contribution is 2.19. The minimum atomic E-state index is -3.72. The number of imidazole rings is 1. The minimum Gasteiger partial charge on any atom is -0.346 e. The molecule has 2 heterocycles. The molecule has 0 fully saturated rings. The maximum atomic E-state index is 11.6. The van der Waals surface area contributed by atoms with E-state index >= 15 is 0 Å². The fraction of sp³-hybridized carbons (Fsp3) is 0.111. The lowest BCUT2D eigenvalue weighted by Crippen LogP contribution is -2.23. The summed E-state index contributed by atoms with van der Waals surface area (Å²) in [5.41, 5.74) is -0.369. The number of thiophene rings is 1. The normalized spacial score (nSPS) is 11.4. The predicted molar refractivity (Wildman–Crippen MR) is 68.3 cm³/mol. The second-order valence-electron chi connectivity index (χ2n) is 3.60. The average Bonchev–Trinajstić information content (AvgIpc) is 2.93. The van der Waals surface area contributed by atoms with Crippen LogP contribution in [0.3, 0.4) is 0 Å². The SMILES string of the molecule is NS(=O)(=O)c1ccc(CNC(=O)c2c[nH]c(=O)[nH]2)s1. The topological polar surface area (TPSA) is 138 Å². The highest BCUT2D eigenvalue weighted by Gasteiger charge is 2.12. The highest BCUT2D eigenvalue weighted by molar-refractivity contribution is 7.91. The summed E-state index contributed by atoms with van der Waals surface area (Å²) in [6.07, 6.45) is 1.25. The number of amides is 1. The number of rotatable bonds is 4. The maximum Gasteiger partial charge on any atom is 0.323 e. The van der Waals surface area contributed by atoms with E-state index in [0.29, 0.717) is 4.88 Å². The Morgan fingerprint density at radius 1 is 1.42 bits per heavy atom. The molecule has 10 heteroatoms. The Bertz CT molecular complexity index is 755. The van der Waals surface area contributed by atoms with Gasteiger partial charge in [0.1, 0.15) is 9.90 Å². The summed E-state index contributed by atoms with van der Waals surface area (Å²) in [4.78, 5) is 27.7. The standard InChI is InChI=1S/C9H10N4O4S2/c10-19(16,17)7-2-1-5(18-7)3-11-8(14)6-4-12-9(15)13-6/h1-2,4H,3H2,(H,11,14)(H2,10,16,17)(H2,12,13,15). The summed E-state index contributed by atoms with van der Waals surface area (Å²) in [6.45, 7) is 0.145. The lowest BCUT2D eigenvalue weighted by molar-refractivity contribution is 0.0946. The number of aromatic nitrogens is 2. The molecule has 0 bridgehead atoms. The van der Waals surface area contributed by atoms with Crippen LogP contribution in [-0.4, -0.2) is 24.3 Å². The molecule has 5 N–H and O–H groups in total. The van der Waals surface area contributed by atoms with Gasteiger partial charge < -0.3 is 15.3 Å². The molecule has 102 valence electrons. The fourth-order valence-corrected chi connectivity index (χ4v) is 3.04. The van der Waals surface area contributed by atoms with Crippen LogP contribution in [0.25, 0.3) is 0 Å². The Kier molecular flexibility index (Phi) is 3.55. The third-order valence-electron chi connectivity index (χ3n) is 2.18. The number of primary sulfonamides is 1. The molecule has 2 aromatic heterocycles. The molecule has 0 aliphatic carbocycles. The van der Waals surface area contributed by atoms with Gasteiger partial charge >= 0.3 is 5.69 Å². The summed E-state index contributed by atoms with van der Waals surface area (Å²) < 4.78 is 22.2. The summed E-state index contributed by atoms with van der Waals surface area (Å²) in [5.74, 6) is -0.469. The first kappa shape index (κ1) is 13.5. The molecule has 0 aromatic carbocycles. The van der Waals surface area contributed by atoms with Gasteiger partial charge in [-0.2, -0.15) is 0 Å². The summed E-state index contributed by atoms with van der Waals surface area (Å²) in [6, 6.07) is 2.93. The van der Waals surface area contributed by atoms with Gasteiger partial charge in [-0.3, -0.25) is 4.79 Å². The Morgan fingerprint density at radius 2 is 2.16 bits per heavy atom. The van der Waals surface area contributed by atoms with E-state index in [-0.39, 0.29) is 16.4 Å². The van der Waals surface area contributed by atoms with Crippen LogP contribution in [0.1, 0.15) is 15.4 Å². The Morgan fingerprint density at radius 3 is 2.68 bits per heavy atom. The van der Waals surface area contributed by atoms with Crippen LogP contribution in [0, 0.1) is 0 Å². The van der Waals surface area contributed by atoms with E-state index in [9.17, 15) is 18.0 Å². The van der Waals surface area contributed by atoms with E-state index in [1.165, 1.54) is 12.3 Å². The molecule has 19 heavy (non-hydrogen) atoms. The first-order valence-electron chi connectivity index (χ1n) is 5.03. The first-order valence-corrected chi connectivity index (χ1v) is 7.40. The van der Waals surface area contributed by atoms with Gasteiger partial charge in [-0.25, -0.2) is 18.4 Å². The number of hydrogen-bond donors (Lipinski definition) is 4. The molecular formula is C9H10N4O4S2. The molecule has 0 saturated carbocycles. The first-order chi connectivity index (χ1) is 8.86. The lowest BCUT2D eigenvalue weighted by Gasteiger charge is -2.00. The van der Waals surface area contributed by atoms with Crippen LogP contribution in [0.5, 0.6) is 0 Å². The van der Waals surface area contributed by atoms with Crippen LogP contribution in [-0.2, 0) is 16.6 Å². The fourth-order valence-electron chi connectivity index (χ4n) is 1.32. The van der Waals surface area contributed by atoms with Gasteiger partial charge in [0.2, 0.25) is 10.0 Å². The number of nitrogens with one attached hydrogen (secondary N) is 3. The number of nitrogens with two attached hydrogens (primary N) is 1. The van der Waals surface area contributed by atoms with E-state index in [1.807, 2.05) is 0 Å². The molecule has 8 nitrogen and oxygen atoms in total. The zero-order chi connectivity index (χ0) is 14.0. The Labute approximate surface area is 111 Å². The predicted octanol–water partition coefficient (Wildman–Crippen LogP) is -0.658. The quantitative estimate of drug-likeness (QED) is 0.595. The number of hydrogen-bond acceptors (Lipinski definition) is 5. The van der Waals surface area contributed by atoms with Crippen LogP contribution >= 0.6 is 11.3 Å². The average molecular weight is 302 g/mol. The summed E-state index contributed by atoms with van der Waals surface area (Å²) in [5, 5.41) is 7.51. The number of sulfonamides is 1. The molecule has 2 rings (SSSR count). The molecule has 0 atom stereocenters. The minimum absolute atomic E-state index is 0.0341. The van der Waals surface area contributed by atoms with Crippen LogP contribution in [0.4, 0.5) is 0 Å². The van der Waals surface area contributed by atoms with Crippen molar-refractivity contribution in [1.82, 2.24) is 15.3 Å².